The summed E-state index contributed by atoms with van der Waals surface area (Å²) in [5, 5.41) is 7.52. The third kappa shape index (κ3) is 1.87. The molecule has 5 heteroatoms. The lowest BCUT2D eigenvalue weighted by Crippen LogP contribution is -2.37. The van der Waals surface area contributed by atoms with Crippen LogP contribution < -0.4 is 5.32 Å². The summed E-state index contributed by atoms with van der Waals surface area (Å²) in [4.78, 5) is 4.53. The molecule has 2 aliphatic rings. The summed E-state index contributed by atoms with van der Waals surface area (Å²) in [6.07, 6.45) is 6.73. The van der Waals surface area contributed by atoms with Crippen molar-refractivity contribution in [2.75, 3.05) is 13.7 Å². The average Bonchev–Trinajstić information content (AvgIpc) is 2.80. The molecule has 1 aliphatic carbocycles. The Morgan fingerprint density at radius 2 is 2.24 bits per heavy atom. The number of rotatable bonds is 3. The zero-order valence-corrected chi connectivity index (χ0v) is 10.2. The molecule has 1 atom stereocenters. The SMILES string of the molecule is COC1(c2noc([C@@H]3CCCCN3)n2)CCC1. The van der Waals surface area contributed by atoms with Crippen molar-refractivity contribution >= 4 is 0 Å². The molecule has 17 heavy (non-hydrogen) atoms. The Morgan fingerprint density at radius 3 is 2.82 bits per heavy atom. The number of nitrogens with zero attached hydrogens (tertiary/aromatic N) is 2. The van der Waals surface area contributed by atoms with Crippen LogP contribution in [0.2, 0.25) is 0 Å². The van der Waals surface area contributed by atoms with Gasteiger partial charge < -0.3 is 14.6 Å². The highest BCUT2D eigenvalue weighted by molar-refractivity contribution is 5.08. The fourth-order valence-electron chi connectivity index (χ4n) is 2.64. The van der Waals surface area contributed by atoms with Crippen molar-refractivity contribution in [3.63, 3.8) is 0 Å². The number of aromatic nitrogens is 2. The maximum atomic E-state index is 5.56. The van der Waals surface area contributed by atoms with Gasteiger partial charge in [0.1, 0.15) is 5.60 Å². The van der Waals surface area contributed by atoms with E-state index in [1.807, 2.05) is 0 Å². The van der Waals surface area contributed by atoms with E-state index in [2.05, 4.69) is 15.5 Å². The van der Waals surface area contributed by atoms with Crippen molar-refractivity contribution in [2.45, 2.75) is 50.2 Å². The molecule has 0 radical (unpaired) electrons. The smallest absolute Gasteiger partial charge is 0.243 e. The molecule has 1 saturated carbocycles. The molecule has 2 fully saturated rings. The molecule has 0 aromatic carbocycles. The summed E-state index contributed by atoms with van der Waals surface area (Å²) in [6, 6.07) is 0.235. The number of hydrogen-bond donors (Lipinski definition) is 1. The van der Waals surface area contributed by atoms with Gasteiger partial charge in [-0.05, 0) is 38.6 Å². The van der Waals surface area contributed by atoms with E-state index in [0.717, 1.165) is 37.5 Å². The van der Waals surface area contributed by atoms with Gasteiger partial charge in [-0.2, -0.15) is 4.98 Å². The lowest BCUT2D eigenvalue weighted by Gasteiger charge is -2.37. The summed E-state index contributed by atoms with van der Waals surface area (Å²) in [5.41, 5.74) is -0.267. The molecule has 1 saturated heterocycles. The molecule has 1 aromatic rings. The number of ether oxygens (including phenoxy) is 1. The third-order valence-electron chi connectivity index (χ3n) is 4.01. The van der Waals surface area contributed by atoms with Crippen LogP contribution in [0.3, 0.4) is 0 Å². The lowest BCUT2D eigenvalue weighted by molar-refractivity contribution is -0.0858. The second-order valence-electron chi connectivity index (χ2n) is 5.01. The second-order valence-corrected chi connectivity index (χ2v) is 5.01. The Labute approximate surface area is 101 Å². The molecule has 3 rings (SSSR count). The van der Waals surface area contributed by atoms with Gasteiger partial charge >= 0.3 is 0 Å². The van der Waals surface area contributed by atoms with E-state index in [4.69, 9.17) is 9.26 Å². The Hall–Kier alpha value is -0.940. The molecule has 2 heterocycles. The van der Waals surface area contributed by atoms with Gasteiger partial charge in [-0.15, -0.1) is 0 Å². The highest BCUT2D eigenvalue weighted by Crippen LogP contribution is 2.43. The standard InChI is InChI=1S/C12H19N3O2/c1-16-12(6-4-7-12)11-14-10(17-15-11)9-5-2-3-8-13-9/h9,13H,2-8H2,1H3/t9-/m0/s1. The number of methoxy groups -OCH3 is 1. The number of piperidine rings is 1. The van der Waals surface area contributed by atoms with Gasteiger partial charge in [0.2, 0.25) is 11.7 Å². The first-order valence-electron chi connectivity index (χ1n) is 6.47. The van der Waals surface area contributed by atoms with Crippen LogP contribution in [0.4, 0.5) is 0 Å². The summed E-state index contributed by atoms with van der Waals surface area (Å²) in [7, 11) is 1.73. The molecule has 0 amide bonds. The maximum Gasteiger partial charge on any atom is 0.243 e. The lowest BCUT2D eigenvalue weighted by atomic mass is 9.79. The normalized spacial score (nSPS) is 27.7. The largest absolute Gasteiger partial charge is 0.370 e. The van der Waals surface area contributed by atoms with E-state index in [-0.39, 0.29) is 11.6 Å². The van der Waals surface area contributed by atoms with Crippen LogP contribution in [0.25, 0.3) is 0 Å². The van der Waals surface area contributed by atoms with Crippen molar-refractivity contribution < 1.29 is 9.26 Å². The topological polar surface area (TPSA) is 60.2 Å². The van der Waals surface area contributed by atoms with Crippen LogP contribution in [0.1, 0.15) is 56.3 Å². The van der Waals surface area contributed by atoms with Crippen LogP contribution in [-0.2, 0) is 10.3 Å². The highest BCUT2D eigenvalue weighted by Gasteiger charge is 2.43. The Balaban J connectivity index is 1.77. The molecule has 1 aliphatic heterocycles. The van der Waals surface area contributed by atoms with E-state index < -0.39 is 0 Å². The molecule has 1 N–H and O–H groups in total. The number of hydrogen-bond acceptors (Lipinski definition) is 5. The minimum atomic E-state index is -0.267. The first-order chi connectivity index (χ1) is 8.34. The molecule has 5 nitrogen and oxygen atoms in total. The Morgan fingerprint density at radius 1 is 1.35 bits per heavy atom. The van der Waals surface area contributed by atoms with Crippen molar-refractivity contribution in [1.29, 1.82) is 0 Å². The summed E-state index contributed by atoms with van der Waals surface area (Å²) in [5.74, 6) is 1.46. The monoisotopic (exact) mass is 237 g/mol. The van der Waals surface area contributed by atoms with Crippen molar-refractivity contribution in [2.24, 2.45) is 0 Å². The van der Waals surface area contributed by atoms with E-state index in [9.17, 15) is 0 Å². The van der Waals surface area contributed by atoms with E-state index in [1.165, 1.54) is 19.3 Å². The first kappa shape index (κ1) is 11.2. The average molecular weight is 237 g/mol. The van der Waals surface area contributed by atoms with Gasteiger partial charge in [0.15, 0.2) is 0 Å². The molecular formula is C12H19N3O2. The van der Waals surface area contributed by atoms with Gasteiger partial charge in [-0.25, -0.2) is 0 Å². The van der Waals surface area contributed by atoms with Crippen LogP contribution in [0, 0.1) is 0 Å². The fraction of sp³-hybridized carbons (Fsp3) is 0.833. The van der Waals surface area contributed by atoms with Gasteiger partial charge in [0.05, 0.1) is 6.04 Å². The molecule has 0 bridgehead atoms. The summed E-state index contributed by atoms with van der Waals surface area (Å²) in [6.45, 7) is 1.04. The summed E-state index contributed by atoms with van der Waals surface area (Å²) >= 11 is 0. The van der Waals surface area contributed by atoms with Crippen molar-refractivity contribution in [3.8, 4) is 0 Å². The van der Waals surface area contributed by atoms with Gasteiger partial charge in [-0.3, -0.25) is 0 Å². The highest BCUT2D eigenvalue weighted by atomic mass is 16.5. The zero-order valence-electron chi connectivity index (χ0n) is 10.2. The number of nitrogens with one attached hydrogen (secondary N) is 1. The molecule has 1 aromatic heterocycles. The third-order valence-corrected chi connectivity index (χ3v) is 4.01. The predicted octanol–water partition coefficient (Wildman–Crippen LogP) is 1.91. The van der Waals surface area contributed by atoms with Crippen LogP contribution in [0.15, 0.2) is 4.52 Å². The van der Waals surface area contributed by atoms with E-state index in [0.29, 0.717) is 0 Å². The molecule has 0 spiro atoms. The van der Waals surface area contributed by atoms with Crippen molar-refractivity contribution in [1.82, 2.24) is 15.5 Å². The van der Waals surface area contributed by atoms with Crippen molar-refractivity contribution in [3.05, 3.63) is 11.7 Å². The van der Waals surface area contributed by atoms with Gasteiger partial charge in [-0.1, -0.05) is 11.6 Å². The van der Waals surface area contributed by atoms with Gasteiger partial charge in [0.25, 0.3) is 0 Å². The fourth-order valence-corrected chi connectivity index (χ4v) is 2.64. The van der Waals surface area contributed by atoms with Crippen LogP contribution in [0.5, 0.6) is 0 Å². The van der Waals surface area contributed by atoms with E-state index >= 15 is 0 Å². The molecule has 94 valence electrons. The molecule has 0 unspecified atom stereocenters. The summed E-state index contributed by atoms with van der Waals surface area (Å²) < 4.78 is 10.9. The zero-order chi connectivity index (χ0) is 11.7. The maximum absolute atomic E-state index is 5.56. The minimum Gasteiger partial charge on any atom is -0.370 e. The minimum absolute atomic E-state index is 0.235. The first-order valence-corrected chi connectivity index (χ1v) is 6.47. The predicted molar refractivity (Wildman–Crippen MR) is 61.4 cm³/mol. The Kier molecular flexibility index (Phi) is 2.88. The molecular weight excluding hydrogens is 218 g/mol. The quantitative estimate of drug-likeness (QED) is 0.870. The van der Waals surface area contributed by atoms with Crippen LogP contribution >= 0.6 is 0 Å². The second kappa shape index (κ2) is 4.38. The van der Waals surface area contributed by atoms with Gasteiger partial charge in [0, 0.05) is 7.11 Å². The van der Waals surface area contributed by atoms with E-state index in [1.54, 1.807) is 7.11 Å². The Bertz CT molecular complexity index is 375. The van der Waals surface area contributed by atoms with Crippen LogP contribution in [-0.4, -0.2) is 23.8 Å².